The normalized spacial score (nSPS) is 12.2. The fraction of sp³-hybridized carbons (Fsp3) is 0.500. The Morgan fingerprint density at radius 2 is 1.74 bits per heavy atom. The van der Waals surface area contributed by atoms with Gasteiger partial charge in [-0.1, -0.05) is 32.9 Å². The quantitative estimate of drug-likeness (QED) is 0.765. The molecule has 0 aliphatic rings. The Kier molecular flexibility index (Phi) is 5.74. The minimum atomic E-state index is -0.851. The summed E-state index contributed by atoms with van der Waals surface area (Å²) < 4.78 is 0. The molecule has 0 saturated heterocycles. The molecule has 19 heavy (non-hydrogen) atoms. The van der Waals surface area contributed by atoms with Crippen molar-refractivity contribution >= 4 is 11.8 Å². The highest BCUT2D eigenvalue weighted by atomic mass is 16.4. The first kappa shape index (κ1) is 15.4. The van der Waals surface area contributed by atoms with Crippen LogP contribution in [0.25, 0.3) is 0 Å². The van der Waals surface area contributed by atoms with Crippen molar-refractivity contribution in [3.8, 4) is 0 Å². The number of carbonyl (C=O) groups excluding carboxylic acids is 1. The first-order chi connectivity index (χ1) is 8.97. The van der Waals surface area contributed by atoms with Gasteiger partial charge in [0.2, 0.25) is 0 Å². The molecule has 1 rings (SSSR count). The van der Waals surface area contributed by atoms with Gasteiger partial charge in [0.05, 0.1) is 0 Å². The number of aliphatic carboxylic acids is 1. The number of carbonyl (C=O) groups is 2. The Morgan fingerprint density at radius 1 is 1.11 bits per heavy atom. The van der Waals surface area contributed by atoms with Crippen LogP contribution in [0.1, 0.15) is 55.1 Å². The van der Waals surface area contributed by atoms with E-state index in [1.54, 1.807) is 6.92 Å². The summed E-state index contributed by atoms with van der Waals surface area (Å²) in [7, 11) is 0. The Morgan fingerprint density at radius 3 is 2.26 bits per heavy atom. The van der Waals surface area contributed by atoms with E-state index in [9.17, 15) is 9.59 Å². The zero-order valence-corrected chi connectivity index (χ0v) is 11.9. The molecule has 0 heterocycles. The van der Waals surface area contributed by atoms with Gasteiger partial charge in [0.1, 0.15) is 0 Å². The summed E-state index contributed by atoms with van der Waals surface area (Å²) in [5.74, 6) is -0.942. The minimum Gasteiger partial charge on any atom is -0.481 e. The average molecular weight is 262 g/mol. The molecule has 0 spiro atoms. The van der Waals surface area contributed by atoms with Gasteiger partial charge < -0.3 is 5.11 Å². The number of hydrogen-bond donors (Lipinski definition) is 1. The van der Waals surface area contributed by atoms with Crippen LogP contribution < -0.4 is 0 Å². The standard InChI is InChI=1S/C16H22O3/c1-4-12-6-7-14(10-13(12)5-2)15(17)8-11(3)9-16(18)19/h6-7,10-11H,4-5,8-9H2,1-3H3,(H,18,19). The molecule has 0 amide bonds. The maximum absolute atomic E-state index is 12.1. The van der Waals surface area contributed by atoms with Gasteiger partial charge in [-0.25, -0.2) is 0 Å². The van der Waals surface area contributed by atoms with Gasteiger partial charge in [-0.2, -0.15) is 0 Å². The van der Waals surface area contributed by atoms with Gasteiger partial charge in [-0.05, 0) is 36.0 Å². The average Bonchev–Trinajstić information content (AvgIpc) is 2.36. The van der Waals surface area contributed by atoms with Crippen molar-refractivity contribution in [3.05, 3.63) is 34.9 Å². The monoisotopic (exact) mass is 262 g/mol. The van der Waals surface area contributed by atoms with Gasteiger partial charge in [-0.15, -0.1) is 0 Å². The molecule has 0 saturated carbocycles. The van der Waals surface area contributed by atoms with Crippen molar-refractivity contribution in [2.75, 3.05) is 0 Å². The molecule has 0 radical (unpaired) electrons. The molecule has 1 unspecified atom stereocenters. The summed E-state index contributed by atoms with van der Waals surface area (Å²) in [6, 6.07) is 5.82. The van der Waals surface area contributed by atoms with Crippen molar-refractivity contribution in [2.24, 2.45) is 5.92 Å². The molecular weight excluding hydrogens is 240 g/mol. The SMILES string of the molecule is CCc1ccc(C(=O)CC(C)CC(=O)O)cc1CC. The van der Waals surface area contributed by atoms with E-state index < -0.39 is 5.97 Å². The molecule has 1 N–H and O–H groups in total. The lowest BCUT2D eigenvalue weighted by atomic mass is 9.93. The van der Waals surface area contributed by atoms with Crippen LogP contribution in [0.5, 0.6) is 0 Å². The van der Waals surface area contributed by atoms with Crippen molar-refractivity contribution in [1.29, 1.82) is 0 Å². The van der Waals surface area contributed by atoms with Gasteiger partial charge in [0.15, 0.2) is 5.78 Å². The zero-order chi connectivity index (χ0) is 14.4. The van der Waals surface area contributed by atoms with Crippen LogP contribution in [0.3, 0.4) is 0 Å². The van der Waals surface area contributed by atoms with E-state index >= 15 is 0 Å². The first-order valence-electron chi connectivity index (χ1n) is 6.84. The van der Waals surface area contributed by atoms with Crippen LogP contribution in [-0.4, -0.2) is 16.9 Å². The van der Waals surface area contributed by atoms with E-state index in [-0.39, 0.29) is 18.1 Å². The van der Waals surface area contributed by atoms with Crippen LogP contribution in [0.2, 0.25) is 0 Å². The van der Waals surface area contributed by atoms with Gasteiger partial charge in [0.25, 0.3) is 0 Å². The molecule has 104 valence electrons. The molecule has 3 heteroatoms. The number of rotatable bonds is 7. The van der Waals surface area contributed by atoms with Gasteiger partial charge in [-0.3, -0.25) is 9.59 Å². The summed E-state index contributed by atoms with van der Waals surface area (Å²) >= 11 is 0. The van der Waals surface area contributed by atoms with Crippen LogP contribution in [-0.2, 0) is 17.6 Å². The minimum absolute atomic E-state index is 0.0334. The summed E-state index contributed by atoms with van der Waals surface area (Å²) in [5.41, 5.74) is 3.18. The Bertz CT molecular complexity index is 463. The molecule has 1 atom stereocenters. The van der Waals surface area contributed by atoms with Crippen molar-refractivity contribution in [2.45, 2.75) is 46.5 Å². The summed E-state index contributed by atoms with van der Waals surface area (Å²) in [5, 5.41) is 8.71. The number of benzene rings is 1. The van der Waals surface area contributed by atoms with E-state index in [4.69, 9.17) is 5.11 Å². The zero-order valence-electron chi connectivity index (χ0n) is 11.9. The van der Waals surface area contributed by atoms with Crippen molar-refractivity contribution < 1.29 is 14.7 Å². The van der Waals surface area contributed by atoms with E-state index in [0.29, 0.717) is 12.0 Å². The smallest absolute Gasteiger partial charge is 0.303 e. The molecular formula is C16H22O3. The number of carboxylic acid groups (broad SMARTS) is 1. The van der Waals surface area contributed by atoms with Crippen LogP contribution in [0, 0.1) is 5.92 Å². The third-order valence-corrected chi connectivity index (χ3v) is 3.35. The van der Waals surface area contributed by atoms with Crippen LogP contribution >= 0.6 is 0 Å². The highest BCUT2D eigenvalue weighted by molar-refractivity contribution is 5.96. The second kappa shape index (κ2) is 7.07. The second-order valence-corrected chi connectivity index (χ2v) is 5.02. The van der Waals surface area contributed by atoms with Gasteiger partial charge >= 0.3 is 5.97 Å². The molecule has 0 aliphatic carbocycles. The molecule has 1 aromatic rings. The van der Waals surface area contributed by atoms with E-state index in [1.807, 2.05) is 18.2 Å². The molecule has 0 fully saturated rings. The molecule has 1 aromatic carbocycles. The summed E-state index contributed by atoms with van der Waals surface area (Å²) in [6.45, 7) is 5.98. The Hall–Kier alpha value is -1.64. The molecule has 0 bridgehead atoms. The summed E-state index contributed by atoms with van der Waals surface area (Å²) in [4.78, 5) is 22.7. The number of hydrogen-bond acceptors (Lipinski definition) is 2. The molecule has 0 aromatic heterocycles. The predicted octanol–water partition coefficient (Wildman–Crippen LogP) is 3.50. The Balaban J connectivity index is 2.80. The predicted molar refractivity (Wildman–Crippen MR) is 75.6 cm³/mol. The topological polar surface area (TPSA) is 54.4 Å². The summed E-state index contributed by atoms with van der Waals surface area (Å²) in [6.07, 6.45) is 2.21. The van der Waals surface area contributed by atoms with Crippen molar-refractivity contribution in [3.63, 3.8) is 0 Å². The van der Waals surface area contributed by atoms with E-state index in [2.05, 4.69) is 13.8 Å². The molecule has 3 nitrogen and oxygen atoms in total. The lowest BCUT2D eigenvalue weighted by molar-refractivity contribution is -0.137. The fourth-order valence-electron chi connectivity index (χ4n) is 2.28. The van der Waals surface area contributed by atoms with Gasteiger partial charge in [0, 0.05) is 18.4 Å². The third kappa shape index (κ3) is 4.51. The number of Topliss-reactive ketones (excluding diaryl/α,β-unsaturated/α-hetero) is 1. The van der Waals surface area contributed by atoms with E-state index in [1.165, 1.54) is 11.1 Å². The number of aryl methyl sites for hydroxylation is 2. The first-order valence-corrected chi connectivity index (χ1v) is 6.84. The Labute approximate surface area is 114 Å². The largest absolute Gasteiger partial charge is 0.481 e. The molecule has 0 aliphatic heterocycles. The lowest BCUT2D eigenvalue weighted by Gasteiger charge is -2.10. The van der Waals surface area contributed by atoms with Crippen molar-refractivity contribution in [1.82, 2.24) is 0 Å². The van der Waals surface area contributed by atoms with Crippen LogP contribution in [0.15, 0.2) is 18.2 Å². The maximum atomic E-state index is 12.1. The number of ketones is 1. The fourth-order valence-corrected chi connectivity index (χ4v) is 2.28. The number of carboxylic acids is 1. The second-order valence-electron chi connectivity index (χ2n) is 5.02. The maximum Gasteiger partial charge on any atom is 0.303 e. The van der Waals surface area contributed by atoms with E-state index in [0.717, 1.165) is 12.8 Å². The highest BCUT2D eigenvalue weighted by Gasteiger charge is 2.15. The third-order valence-electron chi connectivity index (χ3n) is 3.35. The highest BCUT2D eigenvalue weighted by Crippen LogP contribution is 2.18. The lowest BCUT2D eigenvalue weighted by Crippen LogP contribution is -2.11. The van der Waals surface area contributed by atoms with Crippen LogP contribution in [0.4, 0.5) is 0 Å².